The Morgan fingerprint density at radius 3 is 2.39 bits per heavy atom. The highest BCUT2D eigenvalue weighted by Gasteiger charge is 2.39. The smallest absolute Gasteiger partial charge is 0.322 e. The molecule has 1 aromatic carbocycles. The Morgan fingerprint density at radius 2 is 1.94 bits per heavy atom. The van der Waals surface area contributed by atoms with Crippen molar-refractivity contribution in [3.8, 4) is 0 Å². The third-order valence-electron chi connectivity index (χ3n) is 2.88. The van der Waals surface area contributed by atoms with E-state index < -0.39 is 37.7 Å². The number of hydrogen-bond acceptors (Lipinski definition) is 3. The van der Waals surface area contributed by atoms with Crippen LogP contribution in [0, 0.1) is 11.7 Å². The summed E-state index contributed by atoms with van der Waals surface area (Å²) in [7, 11) is -4.22. The molecule has 6 heteroatoms. The Balaban J connectivity index is 3.36. The Morgan fingerprint density at radius 1 is 1.39 bits per heavy atom. The van der Waals surface area contributed by atoms with Crippen LogP contribution in [-0.2, 0) is 14.6 Å². The molecule has 0 spiro atoms. The number of aliphatic carboxylic acids is 1. The van der Waals surface area contributed by atoms with E-state index in [1.165, 1.54) is 19.1 Å². The van der Waals surface area contributed by atoms with Crippen molar-refractivity contribution in [2.75, 3.05) is 0 Å². The molecule has 0 aromatic heterocycles. The molecular formula is C12H15FO4S. The highest BCUT2D eigenvalue weighted by Crippen LogP contribution is 2.25. The highest BCUT2D eigenvalue weighted by atomic mass is 32.2. The quantitative estimate of drug-likeness (QED) is 0.892. The molecule has 0 aliphatic rings. The molecule has 2 atom stereocenters. The molecule has 0 saturated carbocycles. The Bertz CT molecular complexity index is 539. The number of benzene rings is 1. The fraction of sp³-hybridized carbons (Fsp3) is 0.417. The molecule has 1 aromatic rings. The minimum absolute atomic E-state index is 0.380. The van der Waals surface area contributed by atoms with Crippen molar-refractivity contribution < 1.29 is 22.7 Å². The van der Waals surface area contributed by atoms with Gasteiger partial charge in [-0.25, -0.2) is 12.8 Å². The molecular weight excluding hydrogens is 259 g/mol. The molecule has 4 nitrogen and oxygen atoms in total. The number of halogens is 1. The topological polar surface area (TPSA) is 71.4 Å². The van der Waals surface area contributed by atoms with Crippen LogP contribution in [0.25, 0.3) is 0 Å². The second-order valence-electron chi connectivity index (χ2n) is 4.12. The zero-order chi connectivity index (χ0) is 13.9. The molecule has 100 valence electrons. The maximum atomic E-state index is 13.5. The van der Waals surface area contributed by atoms with Gasteiger partial charge in [-0.3, -0.25) is 4.79 Å². The number of carboxylic acid groups (broad SMARTS) is 1. The molecule has 0 radical (unpaired) electrons. The summed E-state index contributed by atoms with van der Waals surface area (Å²) in [6, 6.07) is 4.81. The summed E-state index contributed by atoms with van der Waals surface area (Å²) in [4.78, 5) is 10.6. The van der Waals surface area contributed by atoms with Crippen LogP contribution < -0.4 is 0 Å². The lowest BCUT2D eigenvalue weighted by molar-refractivity contribution is -0.137. The third kappa shape index (κ3) is 2.69. The van der Waals surface area contributed by atoms with Gasteiger partial charge in [0.25, 0.3) is 0 Å². The predicted molar refractivity (Wildman–Crippen MR) is 64.5 cm³/mol. The van der Waals surface area contributed by atoms with Crippen LogP contribution in [-0.4, -0.2) is 24.7 Å². The minimum Gasteiger partial charge on any atom is -0.480 e. The molecule has 0 bridgehead atoms. The zero-order valence-electron chi connectivity index (χ0n) is 10.1. The summed E-state index contributed by atoms with van der Waals surface area (Å²) in [6.07, 6.45) is 0.380. The van der Waals surface area contributed by atoms with E-state index in [0.717, 1.165) is 12.1 Å². The van der Waals surface area contributed by atoms with Crippen molar-refractivity contribution in [3.63, 3.8) is 0 Å². The first-order valence-corrected chi connectivity index (χ1v) is 7.08. The van der Waals surface area contributed by atoms with Crippen molar-refractivity contribution in [2.24, 2.45) is 5.92 Å². The van der Waals surface area contributed by atoms with Crippen molar-refractivity contribution >= 4 is 15.8 Å². The summed E-state index contributed by atoms with van der Waals surface area (Å²) >= 11 is 0. The fourth-order valence-corrected chi connectivity index (χ4v) is 3.66. The first kappa shape index (κ1) is 14.6. The maximum absolute atomic E-state index is 13.5. The highest BCUT2D eigenvalue weighted by molar-refractivity contribution is 7.92. The summed E-state index contributed by atoms with van der Waals surface area (Å²) in [5.74, 6) is -2.97. The number of carboxylic acids is 1. The van der Waals surface area contributed by atoms with Crippen LogP contribution in [0.1, 0.15) is 20.3 Å². The summed E-state index contributed by atoms with van der Waals surface area (Å²) < 4.78 is 37.9. The molecule has 1 rings (SSSR count). The van der Waals surface area contributed by atoms with Gasteiger partial charge in [0.2, 0.25) is 0 Å². The molecule has 0 heterocycles. The van der Waals surface area contributed by atoms with E-state index >= 15 is 0 Å². The molecule has 0 amide bonds. The second kappa shape index (κ2) is 5.48. The van der Waals surface area contributed by atoms with E-state index in [4.69, 9.17) is 5.11 Å². The molecule has 0 aliphatic carbocycles. The van der Waals surface area contributed by atoms with Crippen molar-refractivity contribution in [2.45, 2.75) is 30.4 Å². The van der Waals surface area contributed by atoms with E-state index in [-0.39, 0.29) is 0 Å². The van der Waals surface area contributed by atoms with Gasteiger partial charge in [-0.1, -0.05) is 32.4 Å². The fourth-order valence-electron chi connectivity index (χ4n) is 1.71. The van der Waals surface area contributed by atoms with Gasteiger partial charge in [0.05, 0.1) is 0 Å². The molecule has 0 saturated heterocycles. The summed E-state index contributed by atoms with van der Waals surface area (Å²) in [5.41, 5.74) is 0. The molecule has 0 fully saturated rings. The van der Waals surface area contributed by atoms with Crippen molar-refractivity contribution in [3.05, 3.63) is 30.1 Å². The average Bonchev–Trinajstić information content (AvgIpc) is 2.28. The maximum Gasteiger partial charge on any atom is 0.322 e. The Labute approximate surface area is 105 Å². The van der Waals surface area contributed by atoms with E-state index in [0.29, 0.717) is 6.42 Å². The van der Waals surface area contributed by atoms with Crippen LogP contribution in [0.5, 0.6) is 0 Å². The van der Waals surface area contributed by atoms with Gasteiger partial charge >= 0.3 is 5.97 Å². The largest absolute Gasteiger partial charge is 0.480 e. The number of rotatable bonds is 5. The Kier molecular flexibility index (Phi) is 4.45. The van der Waals surface area contributed by atoms with Crippen LogP contribution in [0.4, 0.5) is 4.39 Å². The van der Waals surface area contributed by atoms with Gasteiger partial charge in [-0.15, -0.1) is 0 Å². The van der Waals surface area contributed by atoms with Crippen molar-refractivity contribution in [1.29, 1.82) is 0 Å². The van der Waals surface area contributed by atoms with Crippen LogP contribution in [0.15, 0.2) is 29.2 Å². The van der Waals surface area contributed by atoms with Gasteiger partial charge in [-0.05, 0) is 18.1 Å². The van der Waals surface area contributed by atoms with E-state index in [9.17, 15) is 17.6 Å². The number of sulfone groups is 1. The lowest BCUT2D eigenvalue weighted by Crippen LogP contribution is -2.36. The SMILES string of the molecule is CCC(C)C(C(=O)O)S(=O)(=O)c1ccccc1F. The van der Waals surface area contributed by atoms with E-state index in [1.807, 2.05) is 0 Å². The van der Waals surface area contributed by atoms with E-state index in [1.54, 1.807) is 6.92 Å². The normalized spacial score (nSPS) is 15.1. The van der Waals surface area contributed by atoms with Gasteiger partial charge in [-0.2, -0.15) is 0 Å². The average molecular weight is 274 g/mol. The summed E-state index contributed by atoms with van der Waals surface area (Å²) in [5, 5.41) is 7.44. The molecule has 0 aliphatic heterocycles. The summed E-state index contributed by atoms with van der Waals surface area (Å²) in [6.45, 7) is 3.22. The molecule has 18 heavy (non-hydrogen) atoms. The van der Waals surface area contributed by atoms with Crippen LogP contribution in [0.2, 0.25) is 0 Å². The van der Waals surface area contributed by atoms with Gasteiger partial charge in [0.15, 0.2) is 15.1 Å². The predicted octanol–water partition coefficient (Wildman–Crippen LogP) is 2.10. The lowest BCUT2D eigenvalue weighted by Gasteiger charge is -2.19. The lowest BCUT2D eigenvalue weighted by atomic mass is 10.1. The third-order valence-corrected chi connectivity index (χ3v) is 5.16. The van der Waals surface area contributed by atoms with Gasteiger partial charge in [0.1, 0.15) is 10.7 Å². The monoisotopic (exact) mass is 274 g/mol. The van der Waals surface area contributed by atoms with Crippen molar-refractivity contribution in [1.82, 2.24) is 0 Å². The van der Waals surface area contributed by atoms with Gasteiger partial charge in [0, 0.05) is 0 Å². The first-order valence-electron chi connectivity index (χ1n) is 5.53. The van der Waals surface area contributed by atoms with Crippen LogP contribution >= 0.6 is 0 Å². The van der Waals surface area contributed by atoms with Crippen LogP contribution in [0.3, 0.4) is 0 Å². The van der Waals surface area contributed by atoms with E-state index in [2.05, 4.69) is 0 Å². The minimum atomic E-state index is -4.22. The first-order chi connectivity index (χ1) is 8.32. The Hall–Kier alpha value is -1.43. The van der Waals surface area contributed by atoms with Gasteiger partial charge < -0.3 is 5.11 Å². The standard InChI is InChI=1S/C12H15FO4S/c1-3-8(2)11(12(14)15)18(16,17)10-7-5-4-6-9(10)13/h4-8,11H,3H2,1-2H3,(H,14,15). The second-order valence-corrected chi connectivity index (χ2v) is 6.16. The molecule has 2 unspecified atom stereocenters. The number of hydrogen-bond donors (Lipinski definition) is 1. The zero-order valence-corrected chi connectivity index (χ0v) is 10.9. The number of carbonyl (C=O) groups is 1. The molecule has 1 N–H and O–H groups in total.